The third-order valence-electron chi connectivity index (χ3n) is 6.57. The van der Waals surface area contributed by atoms with Gasteiger partial charge >= 0.3 is 6.03 Å². The first-order valence-corrected chi connectivity index (χ1v) is 13.0. The molecule has 0 unspecified atom stereocenters. The van der Waals surface area contributed by atoms with E-state index in [1.807, 2.05) is 12.1 Å². The van der Waals surface area contributed by atoms with Crippen LogP contribution in [0.25, 0.3) is 0 Å². The highest BCUT2D eigenvalue weighted by molar-refractivity contribution is 6.41. The van der Waals surface area contributed by atoms with Crippen molar-refractivity contribution in [2.24, 2.45) is 0 Å². The van der Waals surface area contributed by atoms with E-state index in [0.29, 0.717) is 23.0 Å². The Labute approximate surface area is 233 Å². The number of amides is 2. The molecule has 0 radical (unpaired) electrons. The predicted molar refractivity (Wildman–Crippen MR) is 155 cm³/mol. The number of aromatic nitrogens is 1. The predicted octanol–water partition coefficient (Wildman–Crippen LogP) is 5.96. The van der Waals surface area contributed by atoms with Gasteiger partial charge in [0.1, 0.15) is 27.4 Å². The van der Waals surface area contributed by atoms with E-state index in [-0.39, 0.29) is 15.7 Å². The van der Waals surface area contributed by atoms with Crippen molar-refractivity contribution in [3.8, 4) is 11.5 Å². The number of benzene rings is 2. The van der Waals surface area contributed by atoms with Crippen molar-refractivity contribution in [3.05, 3.63) is 58.7 Å². The van der Waals surface area contributed by atoms with Gasteiger partial charge in [-0.2, -0.15) is 0 Å². The lowest BCUT2D eigenvalue weighted by Gasteiger charge is -2.35. The molecule has 1 aromatic heterocycles. The minimum atomic E-state index is -0.450. The third-order valence-corrected chi connectivity index (χ3v) is 7.32. The van der Waals surface area contributed by atoms with Gasteiger partial charge in [0.05, 0.1) is 25.6 Å². The number of nitrogens with one attached hydrogen (secondary N) is 2. The Bertz CT molecular complexity index is 1240. The van der Waals surface area contributed by atoms with Crippen molar-refractivity contribution in [2.75, 3.05) is 74.4 Å². The highest BCUT2D eigenvalue weighted by atomic mass is 35.5. The Balaban J connectivity index is 1.44. The average molecular weight is 559 g/mol. The Morgan fingerprint density at radius 1 is 1.00 bits per heavy atom. The van der Waals surface area contributed by atoms with E-state index in [0.717, 1.165) is 38.4 Å². The Hall–Kier alpha value is -3.40. The van der Waals surface area contributed by atoms with Crippen molar-refractivity contribution in [2.45, 2.75) is 6.92 Å². The van der Waals surface area contributed by atoms with E-state index in [9.17, 15) is 4.79 Å². The summed E-state index contributed by atoms with van der Waals surface area (Å²) in [5, 5.41) is 6.41. The van der Waals surface area contributed by atoms with E-state index in [1.54, 1.807) is 31.4 Å². The summed E-state index contributed by atoms with van der Waals surface area (Å²) in [5.41, 5.74) is 2.92. The minimum absolute atomic E-state index is 0.174. The standard InChI is InChI=1S/C27H32Cl2N6O3/c1-5-34-12-14-35(15-13-34)19-8-6-18(7-9-19)31-23-16-20(10-11-30-23)33(2)27(36)32-26-24(28)21(37-3)17-22(38-4)25(26)29/h6-11,16-17H,5,12-15H2,1-4H3,(H,30,31)(H,32,36). The van der Waals surface area contributed by atoms with E-state index >= 15 is 0 Å². The maximum Gasteiger partial charge on any atom is 0.326 e. The minimum Gasteiger partial charge on any atom is -0.495 e. The molecule has 2 heterocycles. The number of anilines is 5. The molecule has 0 spiro atoms. The van der Waals surface area contributed by atoms with Gasteiger partial charge in [0.2, 0.25) is 0 Å². The zero-order chi connectivity index (χ0) is 27.2. The van der Waals surface area contributed by atoms with Crippen LogP contribution in [-0.2, 0) is 0 Å². The molecule has 1 aliphatic heterocycles. The van der Waals surface area contributed by atoms with Gasteiger partial charge in [-0.1, -0.05) is 30.1 Å². The van der Waals surface area contributed by atoms with Crippen LogP contribution in [0.5, 0.6) is 11.5 Å². The van der Waals surface area contributed by atoms with Crippen LogP contribution in [0.1, 0.15) is 6.92 Å². The summed E-state index contributed by atoms with van der Waals surface area (Å²) >= 11 is 12.8. The molecular weight excluding hydrogens is 527 g/mol. The molecule has 11 heteroatoms. The Morgan fingerprint density at radius 2 is 1.63 bits per heavy atom. The van der Waals surface area contributed by atoms with Gasteiger partial charge in [-0.05, 0) is 36.9 Å². The van der Waals surface area contributed by atoms with Crippen molar-refractivity contribution < 1.29 is 14.3 Å². The number of carbonyl (C=O) groups is 1. The number of ether oxygens (including phenoxy) is 2. The van der Waals surface area contributed by atoms with Crippen molar-refractivity contribution in [3.63, 3.8) is 0 Å². The Morgan fingerprint density at radius 3 is 2.21 bits per heavy atom. The largest absolute Gasteiger partial charge is 0.495 e. The highest BCUT2D eigenvalue weighted by Crippen LogP contribution is 2.44. The maximum atomic E-state index is 13.1. The molecule has 0 saturated carbocycles. The number of hydrogen-bond acceptors (Lipinski definition) is 7. The van der Waals surface area contributed by atoms with Crippen molar-refractivity contribution >= 4 is 57.8 Å². The molecule has 0 bridgehead atoms. The van der Waals surface area contributed by atoms with E-state index < -0.39 is 6.03 Å². The number of halogens is 2. The molecule has 202 valence electrons. The SMILES string of the molecule is CCN1CCN(c2ccc(Nc3cc(N(C)C(=O)Nc4c(Cl)c(OC)cc(OC)c4Cl)ccn3)cc2)CC1. The molecule has 2 N–H and O–H groups in total. The van der Waals surface area contributed by atoms with E-state index in [2.05, 4.69) is 44.5 Å². The lowest BCUT2D eigenvalue weighted by molar-refractivity contribution is 0.258. The molecule has 0 aliphatic carbocycles. The Kier molecular flexibility index (Phi) is 9.04. The van der Waals surface area contributed by atoms with E-state index in [4.69, 9.17) is 32.7 Å². The van der Waals surface area contributed by atoms with Crippen LogP contribution in [0.2, 0.25) is 10.0 Å². The van der Waals surface area contributed by atoms with Gasteiger partial charge < -0.3 is 29.9 Å². The van der Waals surface area contributed by atoms with E-state index in [1.165, 1.54) is 24.8 Å². The fourth-order valence-corrected chi connectivity index (χ4v) is 4.82. The lowest BCUT2D eigenvalue weighted by Crippen LogP contribution is -2.46. The molecule has 9 nitrogen and oxygen atoms in total. The summed E-state index contributed by atoms with van der Waals surface area (Å²) in [6.45, 7) is 7.51. The third kappa shape index (κ3) is 6.18. The summed E-state index contributed by atoms with van der Waals surface area (Å²) in [6, 6.07) is 12.9. The quantitative estimate of drug-likeness (QED) is 0.353. The van der Waals surface area contributed by atoms with Crippen molar-refractivity contribution in [1.29, 1.82) is 0 Å². The second-order valence-electron chi connectivity index (χ2n) is 8.77. The number of piperazine rings is 1. The zero-order valence-electron chi connectivity index (χ0n) is 21.9. The number of pyridine rings is 1. The van der Waals surface area contributed by atoms with Crippen LogP contribution in [-0.4, -0.2) is 69.9 Å². The molecule has 1 fully saturated rings. The monoisotopic (exact) mass is 558 g/mol. The topological polar surface area (TPSA) is 82.2 Å². The first kappa shape index (κ1) is 27.6. The summed E-state index contributed by atoms with van der Waals surface area (Å²) in [4.78, 5) is 23.8. The molecule has 3 aromatic rings. The molecular formula is C27H32Cl2N6O3. The van der Waals surface area contributed by atoms with Crippen LogP contribution in [0.15, 0.2) is 48.7 Å². The number of urea groups is 1. The summed E-state index contributed by atoms with van der Waals surface area (Å²) < 4.78 is 10.6. The fraction of sp³-hybridized carbons (Fsp3) is 0.333. The normalized spacial score (nSPS) is 13.7. The van der Waals surface area contributed by atoms with Gasteiger partial charge in [0.25, 0.3) is 0 Å². The molecule has 2 amide bonds. The number of methoxy groups -OCH3 is 2. The molecule has 2 aromatic carbocycles. The summed E-state index contributed by atoms with van der Waals surface area (Å²) in [7, 11) is 4.58. The van der Waals surface area contributed by atoms with Crippen LogP contribution in [0.4, 0.5) is 33.4 Å². The average Bonchev–Trinajstić information content (AvgIpc) is 2.95. The maximum absolute atomic E-state index is 13.1. The number of hydrogen-bond donors (Lipinski definition) is 2. The first-order valence-electron chi connectivity index (χ1n) is 12.3. The molecule has 1 saturated heterocycles. The van der Waals surface area contributed by atoms with Crippen molar-refractivity contribution in [1.82, 2.24) is 9.88 Å². The van der Waals surface area contributed by atoms with Gasteiger partial charge in [0.15, 0.2) is 0 Å². The first-order chi connectivity index (χ1) is 18.3. The highest BCUT2D eigenvalue weighted by Gasteiger charge is 2.21. The fourth-order valence-electron chi connectivity index (χ4n) is 4.23. The second-order valence-corrected chi connectivity index (χ2v) is 9.52. The number of rotatable bonds is 8. The second kappa shape index (κ2) is 12.4. The van der Waals surface area contributed by atoms with Crippen LogP contribution in [0.3, 0.4) is 0 Å². The smallest absolute Gasteiger partial charge is 0.326 e. The van der Waals surface area contributed by atoms with Crippen LogP contribution < -0.4 is 29.9 Å². The number of nitrogens with zero attached hydrogens (tertiary/aromatic N) is 4. The molecule has 4 rings (SSSR count). The molecule has 38 heavy (non-hydrogen) atoms. The van der Waals surface area contributed by atoms with Crippen LogP contribution in [0, 0.1) is 0 Å². The van der Waals surface area contributed by atoms with Gasteiger partial charge in [-0.3, -0.25) is 4.90 Å². The lowest BCUT2D eigenvalue weighted by atomic mass is 10.2. The summed E-state index contributed by atoms with van der Waals surface area (Å²) in [6.07, 6.45) is 1.64. The zero-order valence-corrected chi connectivity index (χ0v) is 23.4. The van der Waals surface area contributed by atoms with Gasteiger partial charge in [-0.25, -0.2) is 9.78 Å². The summed E-state index contributed by atoms with van der Waals surface area (Å²) in [5.74, 6) is 1.26. The van der Waals surface area contributed by atoms with Crippen LogP contribution >= 0.6 is 23.2 Å². The number of likely N-dealkylation sites (N-methyl/N-ethyl adjacent to an activating group) is 1. The number of carbonyl (C=O) groups excluding carboxylic acids is 1. The molecule has 0 atom stereocenters. The van der Waals surface area contributed by atoms with Gasteiger partial charge in [0, 0.05) is 62.9 Å². The van der Waals surface area contributed by atoms with Gasteiger partial charge in [-0.15, -0.1) is 0 Å². The molecule has 1 aliphatic rings.